The van der Waals surface area contributed by atoms with Gasteiger partial charge in [-0.15, -0.1) is 0 Å². The van der Waals surface area contributed by atoms with Gasteiger partial charge in [0.1, 0.15) is 0 Å². The molecule has 3 aromatic carbocycles. The normalized spacial score (nSPS) is 17.7. The standard InChI is InChI=1S/C27H30N2O2/c1-18(23-11-7-9-19-8-5-6-10-24(19)23)28-26(31)20-16-25(30)29(17-20)22-14-12-21(13-15-22)27(2,3)4/h5-15,18,20H,16-17H2,1-4H3,(H,28,31)/t18-,20?/m1/s1. The average Bonchev–Trinajstić information content (AvgIpc) is 3.14. The van der Waals surface area contributed by atoms with E-state index < -0.39 is 0 Å². The zero-order chi connectivity index (χ0) is 22.2. The van der Waals surface area contributed by atoms with Crippen molar-refractivity contribution in [2.45, 2.75) is 45.6 Å². The topological polar surface area (TPSA) is 49.4 Å². The molecule has 1 fully saturated rings. The highest BCUT2D eigenvalue weighted by Gasteiger charge is 2.35. The maximum Gasteiger partial charge on any atom is 0.227 e. The van der Waals surface area contributed by atoms with Crippen LogP contribution in [0.2, 0.25) is 0 Å². The minimum atomic E-state index is -0.341. The van der Waals surface area contributed by atoms with Gasteiger partial charge in [-0.05, 0) is 46.4 Å². The first-order chi connectivity index (χ1) is 14.7. The van der Waals surface area contributed by atoms with E-state index in [9.17, 15) is 9.59 Å². The minimum absolute atomic E-state index is 0.00136. The lowest BCUT2D eigenvalue weighted by molar-refractivity contribution is -0.126. The smallest absolute Gasteiger partial charge is 0.227 e. The lowest BCUT2D eigenvalue weighted by atomic mass is 9.87. The van der Waals surface area contributed by atoms with Crippen LogP contribution >= 0.6 is 0 Å². The number of fused-ring (bicyclic) bond motifs is 1. The molecule has 31 heavy (non-hydrogen) atoms. The Kier molecular flexibility index (Phi) is 5.57. The lowest BCUT2D eigenvalue weighted by Gasteiger charge is -2.22. The summed E-state index contributed by atoms with van der Waals surface area (Å²) >= 11 is 0. The highest BCUT2D eigenvalue weighted by Crippen LogP contribution is 2.30. The molecule has 1 saturated heterocycles. The van der Waals surface area contributed by atoms with Gasteiger partial charge in [-0.1, -0.05) is 75.4 Å². The molecule has 0 bridgehead atoms. The van der Waals surface area contributed by atoms with E-state index in [1.54, 1.807) is 4.90 Å². The van der Waals surface area contributed by atoms with Crippen LogP contribution in [0.3, 0.4) is 0 Å². The summed E-state index contributed by atoms with van der Waals surface area (Å²) in [6.07, 6.45) is 0.245. The number of anilines is 1. The molecule has 4 nitrogen and oxygen atoms in total. The second kappa shape index (κ2) is 8.18. The Morgan fingerprint density at radius 2 is 1.68 bits per heavy atom. The summed E-state index contributed by atoms with van der Waals surface area (Å²) in [5.41, 5.74) is 3.23. The molecule has 1 unspecified atom stereocenters. The van der Waals surface area contributed by atoms with Gasteiger partial charge in [0.15, 0.2) is 0 Å². The molecule has 0 radical (unpaired) electrons. The molecule has 3 aromatic rings. The third-order valence-corrected chi connectivity index (χ3v) is 6.19. The SMILES string of the molecule is C[C@@H](NC(=O)C1CC(=O)N(c2ccc(C(C)(C)C)cc2)C1)c1cccc2ccccc12. The van der Waals surface area contributed by atoms with Crippen molar-refractivity contribution in [2.75, 3.05) is 11.4 Å². The van der Waals surface area contributed by atoms with Crippen LogP contribution in [0.25, 0.3) is 10.8 Å². The Labute approximate surface area is 184 Å². The summed E-state index contributed by atoms with van der Waals surface area (Å²) in [4.78, 5) is 27.4. The first kappa shape index (κ1) is 21.1. The van der Waals surface area contributed by atoms with Crippen molar-refractivity contribution in [1.29, 1.82) is 0 Å². The molecule has 1 heterocycles. The Bertz CT molecular complexity index is 1110. The third-order valence-electron chi connectivity index (χ3n) is 6.19. The van der Waals surface area contributed by atoms with Gasteiger partial charge in [0.05, 0.1) is 12.0 Å². The van der Waals surface area contributed by atoms with Crippen LogP contribution in [-0.2, 0) is 15.0 Å². The van der Waals surface area contributed by atoms with E-state index in [-0.39, 0.29) is 35.6 Å². The highest BCUT2D eigenvalue weighted by atomic mass is 16.2. The molecule has 2 atom stereocenters. The lowest BCUT2D eigenvalue weighted by Crippen LogP contribution is -2.34. The molecule has 0 saturated carbocycles. The fourth-order valence-electron chi connectivity index (χ4n) is 4.31. The number of nitrogens with one attached hydrogen (secondary N) is 1. The van der Waals surface area contributed by atoms with Crippen LogP contribution in [0.4, 0.5) is 5.69 Å². The molecule has 0 aliphatic carbocycles. The number of benzene rings is 3. The number of nitrogens with zero attached hydrogens (tertiary/aromatic N) is 1. The van der Waals surface area contributed by atoms with E-state index in [1.807, 2.05) is 37.3 Å². The molecule has 4 rings (SSSR count). The van der Waals surface area contributed by atoms with Gasteiger partial charge in [-0.25, -0.2) is 0 Å². The van der Waals surface area contributed by atoms with Gasteiger partial charge in [0.2, 0.25) is 11.8 Å². The summed E-state index contributed by atoms with van der Waals surface area (Å²) in [7, 11) is 0. The predicted molar refractivity (Wildman–Crippen MR) is 126 cm³/mol. The summed E-state index contributed by atoms with van der Waals surface area (Å²) in [6.45, 7) is 8.92. The Hall–Kier alpha value is -3.14. The van der Waals surface area contributed by atoms with E-state index in [0.29, 0.717) is 6.54 Å². The van der Waals surface area contributed by atoms with Gasteiger partial charge in [0.25, 0.3) is 0 Å². The third kappa shape index (κ3) is 4.34. The molecule has 2 amide bonds. The van der Waals surface area contributed by atoms with Gasteiger partial charge < -0.3 is 10.2 Å². The summed E-state index contributed by atoms with van der Waals surface area (Å²) in [5, 5.41) is 5.43. The van der Waals surface area contributed by atoms with Crippen molar-refractivity contribution < 1.29 is 9.59 Å². The average molecular weight is 415 g/mol. The maximum absolute atomic E-state index is 13.0. The van der Waals surface area contributed by atoms with Gasteiger partial charge in [-0.2, -0.15) is 0 Å². The fourth-order valence-corrected chi connectivity index (χ4v) is 4.31. The Morgan fingerprint density at radius 3 is 2.39 bits per heavy atom. The summed E-state index contributed by atoms with van der Waals surface area (Å²) in [5.74, 6) is -0.406. The molecule has 1 aliphatic rings. The predicted octanol–water partition coefficient (Wildman–Crippen LogP) is 5.37. The molecule has 1 N–H and O–H groups in total. The van der Waals surface area contributed by atoms with E-state index in [2.05, 4.69) is 62.5 Å². The zero-order valence-electron chi connectivity index (χ0n) is 18.7. The van der Waals surface area contributed by atoms with E-state index in [1.165, 1.54) is 5.56 Å². The second-order valence-corrected chi connectivity index (χ2v) is 9.50. The maximum atomic E-state index is 13.0. The van der Waals surface area contributed by atoms with E-state index in [0.717, 1.165) is 22.0 Å². The van der Waals surface area contributed by atoms with Crippen molar-refractivity contribution in [3.05, 3.63) is 77.9 Å². The molecule has 160 valence electrons. The fraction of sp³-hybridized carbons (Fsp3) is 0.333. The van der Waals surface area contributed by atoms with Crippen molar-refractivity contribution in [3.63, 3.8) is 0 Å². The second-order valence-electron chi connectivity index (χ2n) is 9.50. The van der Waals surface area contributed by atoms with Crippen LogP contribution in [0.5, 0.6) is 0 Å². The van der Waals surface area contributed by atoms with Gasteiger partial charge in [-0.3, -0.25) is 9.59 Å². The summed E-state index contributed by atoms with van der Waals surface area (Å²) in [6, 6.07) is 22.3. The van der Waals surface area contributed by atoms with Crippen LogP contribution in [0.1, 0.15) is 51.3 Å². The zero-order valence-corrected chi connectivity index (χ0v) is 18.7. The van der Waals surface area contributed by atoms with Crippen molar-refractivity contribution >= 4 is 28.3 Å². The number of hydrogen-bond acceptors (Lipinski definition) is 2. The van der Waals surface area contributed by atoms with Gasteiger partial charge in [0, 0.05) is 18.7 Å². The first-order valence-corrected chi connectivity index (χ1v) is 10.9. The quantitative estimate of drug-likeness (QED) is 0.624. The first-order valence-electron chi connectivity index (χ1n) is 10.9. The van der Waals surface area contributed by atoms with Crippen LogP contribution < -0.4 is 10.2 Å². The van der Waals surface area contributed by atoms with Crippen molar-refractivity contribution in [3.8, 4) is 0 Å². The summed E-state index contributed by atoms with van der Waals surface area (Å²) < 4.78 is 0. The number of carbonyl (C=O) groups excluding carboxylic acids is 2. The molecular formula is C27H30N2O2. The van der Waals surface area contributed by atoms with Crippen LogP contribution in [-0.4, -0.2) is 18.4 Å². The molecular weight excluding hydrogens is 384 g/mol. The molecule has 4 heteroatoms. The van der Waals surface area contributed by atoms with Crippen LogP contribution in [0.15, 0.2) is 66.7 Å². The number of hydrogen-bond donors (Lipinski definition) is 1. The Balaban J connectivity index is 1.46. The van der Waals surface area contributed by atoms with E-state index in [4.69, 9.17) is 0 Å². The van der Waals surface area contributed by atoms with Crippen molar-refractivity contribution in [1.82, 2.24) is 5.32 Å². The number of amides is 2. The number of carbonyl (C=O) groups is 2. The molecule has 1 aliphatic heterocycles. The molecule has 0 aromatic heterocycles. The minimum Gasteiger partial charge on any atom is -0.349 e. The monoisotopic (exact) mass is 414 g/mol. The highest BCUT2D eigenvalue weighted by molar-refractivity contribution is 6.00. The van der Waals surface area contributed by atoms with Crippen LogP contribution in [0, 0.1) is 5.92 Å². The van der Waals surface area contributed by atoms with E-state index >= 15 is 0 Å². The Morgan fingerprint density at radius 1 is 1.00 bits per heavy atom. The van der Waals surface area contributed by atoms with Crippen molar-refractivity contribution in [2.24, 2.45) is 5.92 Å². The molecule has 0 spiro atoms. The largest absolute Gasteiger partial charge is 0.349 e. The number of rotatable bonds is 4. The van der Waals surface area contributed by atoms with Gasteiger partial charge >= 0.3 is 0 Å².